The van der Waals surface area contributed by atoms with Crippen molar-refractivity contribution in [3.8, 4) is 0 Å². The van der Waals surface area contributed by atoms with Crippen LogP contribution in [0.2, 0.25) is 0 Å². The van der Waals surface area contributed by atoms with E-state index in [9.17, 15) is 19.2 Å². The lowest BCUT2D eigenvalue weighted by atomic mass is 10.2. The minimum absolute atomic E-state index is 0.194. The third-order valence-electron chi connectivity index (χ3n) is 14.3. The molecule has 0 aromatic heterocycles. The molecule has 0 atom stereocenters. The minimum atomic E-state index is 0.194. The standard InChI is InChI=1S/C69H136N4O12S8/c1-7-13-28-70(29-14-8-2)66(74)26-60-92-64-48-85-45-43-83-47-63-91-57-23-33-73(35-37-81-41-39-79-12-6)68(76)25-59-89-54-20-17-51-86-55-21-31-71(30-15-9-3)67(75)24-58-88-53-19-18-52-87-56-22-32-72(34-36-80-40-38-78-11-5)69(77)27-61-93-65-49-84-44-42-82-46-62-90-50-16-10-4/h7-65H2,1-6H3/i4D. The molecule has 552 valence electrons. The molecular weight excluding hydrogens is 1330 g/mol. The van der Waals surface area contributed by atoms with Gasteiger partial charge >= 0.3 is 0 Å². The molecule has 24 heteroatoms. The maximum atomic E-state index is 13.4. The molecule has 0 fully saturated rings. The van der Waals surface area contributed by atoms with Gasteiger partial charge in [-0.2, -0.15) is 94.1 Å². The van der Waals surface area contributed by atoms with Crippen LogP contribution in [0.1, 0.15) is 165 Å². The Morgan fingerprint density at radius 3 is 0.785 bits per heavy atom. The van der Waals surface area contributed by atoms with Crippen molar-refractivity contribution in [2.75, 3.05) is 250 Å². The fraction of sp³-hybridized carbons (Fsp3) is 0.942. The van der Waals surface area contributed by atoms with E-state index in [1.54, 1.807) is 23.5 Å². The van der Waals surface area contributed by atoms with E-state index in [-0.39, 0.29) is 17.7 Å². The van der Waals surface area contributed by atoms with Gasteiger partial charge in [0.1, 0.15) is 0 Å². The molecule has 16 nitrogen and oxygen atoms in total. The lowest BCUT2D eigenvalue weighted by Crippen LogP contribution is -2.35. The molecule has 0 N–H and O–H groups in total. The molecule has 0 aromatic carbocycles. The van der Waals surface area contributed by atoms with Crippen molar-refractivity contribution in [1.82, 2.24) is 19.6 Å². The molecule has 0 aliphatic heterocycles. The molecule has 0 rings (SSSR count). The molecule has 0 bridgehead atoms. The van der Waals surface area contributed by atoms with Gasteiger partial charge in [0.05, 0.1) is 92.5 Å². The van der Waals surface area contributed by atoms with Crippen LogP contribution in [0.25, 0.3) is 0 Å². The lowest BCUT2D eigenvalue weighted by molar-refractivity contribution is -0.132. The SMILES string of the molecule is [2H]CCCCSCCOCCOCCSCCC(=O)N(CCCSCCCCSCCC(=O)N(CCCC)CCCSCCCCSCCC(=O)N(CCCSCCOCCOCCSCCC(=O)N(CCCC)CCCC)CCOCCOCC)CCOCCOCC. The molecule has 0 aliphatic rings. The van der Waals surface area contributed by atoms with Crippen molar-refractivity contribution in [1.29, 1.82) is 0 Å². The average molecular weight is 1470 g/mol. The summed E-state index contributed by atoms with van der Waals surface area (Å²) in [6.07, 6.45) is 18.5. The maximum Gasteiger partial charge on any atom is 0.223 e. The average Bonchev–Trinajstić information content (AvgIpc) is 3.21. The summed E-state index contributed by atoms with van der Waals surface area (Å²) >= 11 is 15.1. The number of thioether (sulfide) groups is 8. The van der Waals surface area contributed by atoms with Gasteiger partial charge in [0.15, 0.2) is 0 Å². The molecule has 0 radical (unpaired) electrons. The molecule has 0 heterocycles. The van der Waals surface area contributed by atoms with Crippen LogP contribution >= 0.6 is 94.1 Å². The normalized spacial score (nSPS) is 11.6. The maximum absolute atomic E-state index is 13.4. The Labute approximate surface area is 605 Å². The van der Waals surface area contributed by atoms with Crippen molar-refractivity contribution in [3.63, 3.8) is 0 Å². The zero-order chi connectivity index (χ0) is 68.4. The van der Waals surface area contributed by atoms with E-state index in [0.29, 0.717) is 151 Å². The summed E-state index contributed by atoms with van der Waals surface area (Å²) in [5.74, 6) is 16.6. The molecule has 0 spiro atoms. The topological polar surface area (TPSA) is 155 Å². The van der Waals surface area contributed by atoms with Crippen LogP contribution in [0.15, 0.2) is 0 Å². The second-order valence-electron chi connectivity index (χ2n) is 22.2. The van der Waals surface area contributed by atoms with Crippen molar-refractivity contribution < 1.29 is 58.4 Å². The molecule has 0 unspecified atom stereocenters. The Hall–Kier alpha value is 0.360. The Balaban J connectivity index is 4.27. The van der Waals surface area contributed by atoms with E-state index in [1.165, 1.54) is 12.8 Å². The molecule has 0 aliphatic carbocycles. The predicted octanol–water partition coefficient (Wildman–Crippen LogP) is 13.8. The van der Waals surface area contributed by atoms with Gasteiger partial charge in [0, 0.05) is 139 Å². The Kier molecular flexibility index (Phi) is 76.7. The van der Waals surface area contributed by atoms with Crippen molar-refractivity contribution >= 4 is 118 Å². The second kappa shape index (κ2) is 78.1. The van der Waals surface area contributed by atoms with Gasteiger partial charge in [0.25, 0.3) is 0 Å². The molecule has 0 saturated carbocycles. The van der Waals surface area contributed by atoms with Crippen LogP contribution in [0.3, 0.4) is 0 Å². The van der Waals surface area contributed by atoms with Crippen LogP contribution in [0, 0.1) is 0 Å². The first-order valence-electron chi connectivity index (χ1n) is 36.6. The van der Waals surface area contributed by atoms with Gasteiger partial charge in [0.2, 0.25) is 23.6 Å². The smallest absolute Gasteiger partial charge is 0.223 e. The summed E-state index contributed by atoms with van der Waals surface area (Å²) in [7, 11) is 0. The van der Waals surface area contributed by atoms with E-state index in [4.69, 9.17) is 39.3 Å². The van der Waals surface area contributed by atoms with Gasteiger partial charge in [-0.05, 0) is 130 Å². The van der Waals surface area contributed by atoms with Crippen LogP contribution in [-0.2, 0) is 57.1 Å². The Morgan fingerprint density at radius 1 is 0.247 bits per heavy atom. The molecule has 4 amide bonds. The summed E-state index contributed by atoms with van der Waals surface area (Å²) in [6, 6.07) is 0. The highest BCUT2D eigenvalue weighted by Gasteiger charge is 2.17. The summed E-state index contributed by atoms with van der Waals surface area (Å²) in [5.41, 5.74) is 0. The number of carbonyl (C=O) groups excluding carboxylic acids is 4. The molecular formula is C69H136N4O12S8. The number of rotatable bonds is 78. The van der Waals surface area contributed by atoms with E-state index in [1.807, 2.05) is 94.2 Å². The van der Waals surface area contributed by atoms with Gasteiger partial charge in [-0.3, -0.25) is 19.2 Å². The fourth-order valence-corrected chi connectivity index (χ4v) is 15.8. The lowest BCUT2D eigenvalue weighted by Gasteiger charge is -2.23. The molecule has 0 aromatic rings. The van der Waals surface area contributed by atoms with Gasteiger partial charge in [-0.25, -0.2) is 0 Å². The molecule has 93 heavy (non-hydrogen) atoms. The summed E-state index contributed by atoms with van der Waals surface area (Å²) < 4.78 is 52.6. The summed E-state index contributed by atoms with van der Waals surface area (Å²) in [6.45, 7) is 26.9. The summed E-state index contributed by atoms with van der Waals surface area (Å²) in [5, 5.41) is 0. The van der Waals surface area contributed by atoms with Gasteiger partial charge < -0.3 is 57.5 Å². The first kappa shape index (κ1) is 91.4. The van der Waals surface area contributed by atoms with Crippen molar-refractivity contribution in [3.05, 3.63) is 0 Å². The highest BCUT2D eigenvalue weighted by atomic mass is 32.2. The minimum Gasteiger partial charge on any atom is -0.379 e. The van der Waals surface area contributed by atoms with Crippen LogP contribution in [0.4, 0.5) is 0 Å². The third kappa shape index (κ3) is 66.7. The quantitative estimate of drug-likeness (QED) is 0.0530. The number of hydrogen-bond donors (Lipinski definition) is 0. The van der Waals surface area contributed by atoms with E-state index < -0.39 is 0 Å². The highest BCUT2D eigenvalue weighted by molar-refractivity contribution is 8.00. The zero-order valence-electron chi connectivity index (χ0n) is 60.4. The van der Waals surface area contributed by atoms with Crippen LogP contribution in [0.5, 0.6) is 0 Å². The van der Waals surface area contributed by atoms with E-state index >= 15 is 0 Å². The van der Waals surface area contributed by atoms with Gasteiger partial charge in [-0.15, -0.1) is 0 Å². The number of ether oxygens (including phenoxy) is 8. The van der Waals surface area contributed by atoms with Crippen LogP contribution in [-0.4, -0.2) is 293 Å². The Morgan fingerprint density at radius 2 is 0.484 bits per heavy atom. The number of hydrogen-bond acceptors (Lipinski definition) is 20. The number of nitrogens with zero attached hydrogens (tertiary/aromatic N) is 4. The largest absolute Gasteiger partial charge is 0.379 e. The first-order valence-corrected chi connectivity index (χ1v) is 45.2. The monoisotopic (exact) mass is 1470 g/mol. The van der Waals surface area contributed by atoms with Gasteiger partial charge in [-0.1, -0.05) is 53.4 Å². The first-order chi connectivity index (χ1) is 46.3. The van der Waals surface area contributed by atoms with Crippen LogP contribution < -0.4 is 0 Å². The number of carbonyl (C=O) groups is 4. The molecule has 0 saturated heterocycles. The highest BCUT2D eigenvalue weighted by Crippen LogP contribution is 2.17. The predicted molar refractivity (Wildman–Crippen MR) is 413 cm³/mol. The van der Waals surface area contributed by atoms with Crippen molar-refractivity contribution in [2.45, 2.75) is 164 Å². The zero-order valence-corrected chi connectivity index (χ0v) is 65.9. The third-order valence-corrected chi connectivity index (χ3v) is 22.7. The second-order valence-corrected chi connectivity index (χ2v) is 32.0. The summed E-state index contributed by atoms with van der Waals surface area (Å²) in [4.78, 5) is 60.7. The Bertz CT molecular complexity index is 1620. The number of amides is 4. The number of unbranched alkanes of at least 4 members (excludes halogenated alkanes) is 6. The van der Waals surface area contributed by atoms with E-state index in [2.05, 4.69) is 30.6 Å². The van der Waals surface area contributed by atoms with E-state index in [0.717, 1.165) is 221 Å². The fourth-order valence-electron chi connectivity index (χ4n) is 8.86. The van der Waals surface area contributed by atoms with Crippen molar-refractivity contribution in [2.24, 2.45) is 0 Å².